The number of ether oxygens (including phenoxy) is 1. The minimum atomic E-state index is -5.47. The Morgan fingerprint density at radius 2 is 2.14 bits per heavy atom. The Morgan fingerprint density at radius 1 is 1.52 bits per heavy atom. The molecule has 0 unspecified atom stereocenters. The molecule has 11 heteroatoms. The Morgan fingerprint density at radius 3 is 2.67 bits per heavy atom. The minimum absolute atomic E-state index is 0.0663. The van der Waals surface area contributed by atoms with Crippen LogP contribution in [-0.4, -0.2) is 37.5 Å². The molecule has 1 aromatic heterocycles. The number of halogens is 3. The molecule has 1 heterocycles. The highest BCUT2D eigenvalue weighted by molar-refractivity contribution is 7.90. The van der Waals surface area contributed by atoms with Gasteiger partial charge in [0.1, 0.15) is 12.2 Å². The van der Waals surface area contributed by atoms with Crippen molar-refractivity contribution < 1.29 is 31.1 Å². The van der Waals surface area contributed by atoms with Crippen LogP contribution in [0.15, 0.2) is 18.3 Å². The van der Waals surface area contributed by atoms with Crippen LogP contribution in [0.1, 0.15) is 17.3 Å². The van der Waals surface area contributed by atoms with Gasteiger partial charge in [-0.3, -0.25) is 4.79 Å². The van der Waals surface area contributed by atoms with Gasteiger partial charge in [0.25, 0.3) is 5.91 Å². The summed E-state index contributed by atoms with van der Waals surface area (Å²) in [6, 6.07) is 1.54. The third-order valence-electron chi connectivity index (χ3n) is 2.17. The van der Waals surface area contributed by atoms with Gasteiger partial charge in [-0.15, -0.1) is 0 Å². The van der Waals surface area contributed by atoms with Crippen molar-refractivity contribution >= 4 is 15.9 Å². The Bertz CT molecular complexity index is 618. The van der Waals surface area contributed by atoms with Gasteiger partial charge in [0.15, 0.2) is 0 Å². The molecule has 0 aliphatic heterocycles. The first-order chi connectivity index (χ1) is 9.54. The zero-order valence-corrected chi connectivity index (χ0v) is 11.5. The smallest absolute Gasteiger partial charge is 0.475 e. The quantitative estimate of drug-likeness (QED) is 0.785. The van der Waals surface area contributed by atoms with Crippen molar-refractivity contribution in [3.8, 4) is 5.88 Å². The molecule has 0 saturated carbocycles. The number of nitrogens with one attached hydrogen (secondary N) is 1. The monoisotopic (exact) mass is 327 g/mol. The Balaban J connectivity index is 2.71. The van der Waals surface area contributed by atoms with Gasteiger partial charge in [-0.1, -0.05) is 0 Å². The molecule has 118 valence electrons. The van der Waals surface area contributed by atoms with Crippen molar-refractivity contribution in [3.05, 3.63) is 23.9 Å². The molecule has 1 rings (SSSR count). The highest BCUT2D eigenvalue weighted by Gasteiger charge is 2.46. The van der Waals surface area contributed by atoms with E-state index in [0.717, 1.165) is 6.92 Å². The van der Waals surface area contributed by atoms with Crippen LogP contribution < -0.4 is 15.2 Å². The Kier molecular flexibility index (Phi) is 5.12. The molecule has 0 aromatic carbocycles. The second-order valence-electron chi connectivity index (χ2n) is 4.00. The van der Waals surface area contributed by atoms with E-state index in [9.17, 15) is 26.4 Å². The molecule has 1 atom stereocenters. The summed E-state index contributed by atoms with van der Waals surface area (Å²) in [5.41, 5.74) is -0.418. The number of rotatable bonds is 6. The predicted octanol–water partition coefficient (Wildman–Crippen LogP) is 0.387. The number of nitrogens with zero attached hydrogens (tertiary/aromatic N) is 1. The SMILES string of the molecule is C[C@@H](COc1ncccc1C(N)=O)NS(=O)(=O)C(F)(F)F. The van der Waals surface area contributed by atoms with Crippen molar-refractivity contribution in [1.29, 1.82) is 0 Å². The fourth-order valence-corrected chi connectivity index (χ4v) is 1.99. The number of carbonyl (C=O) groups excluding carboxylic acids is 1. The maximum Gasteiger partial charge on any atom is 0.511 e. The van der Waals surface area contributed by atoms with Crippen LogP contribution in [0.5, 0.6) is 5.88 Å². The summed E-state index contributed by atoms with van der Waals surface area (Å²) in [4.78, 5) is 14.8. The van der Waals surface area contributed by atoms with E-state index < -0.39 is 34.1 Å². The average molecular weight is 327 g/mol. The first-order valence-corrected chi connectivity index (χ1v) is 6.99. The molecule has 1 aromatic rings. The number of carbonyl (C=O) groups is 1. The Labute approximate surface area is 118 Å². The molecule has 0 fully saturated rings. The number of nitrogens with two attached hydrogens (primary N) is 1. The van der Waals surface area contributed by atoms with Gasteiger partial charge in [-0.2, -0.15) is 13.2 Å². The van der Waals surface area contributed by atoms with Crippen LogP contribution in [0.25, 0.3) is 0 Å². The van der Waals surface area contributed by atoms with Gasteiger partial charge in [-0.25, -0.2) is 18.1 Å². The van der Waals surface area contributed by atoms with Crippen molar-refractivity contribution in [2.75, 3.05) is 6.61 Å². The van der Waals surface area contributed by atoms with Crippen molar-refractivity contribution in [3.63, 3.8) is 0 Å². The van der Waals surface area contributed by atoms with Gasteiger partial charge in [0, 0.05) is 6.20 Å². The largest absolute Gasteiger partial charge is 0.511 e. The molecule has 0 aliphatic rings. The van der Waals surface area contributed by atoms with Crippen LogP contribution in [0.3, 0.4) is 0 Å². The normalized spacial score (nSPS) is 13.7. The molecule has 0 spiro atoms. The minimum Gasteiger partial charge on any atom is -0.475 e. The molecule has 0 aliphatic carbocycles. The average Bonchev–Trinajstić information content (AvgIpc) is 2.34. The van der Waals surface area contributed by atoms with Crippen molar-refractivity contribution in [1.82, 2.24) is 9.71 Å². The summed E-state index contributed by atoms with van der Waals surface area (Å²) in [6.45, 7) is 0.697. The summed E-state index contributed by atoms with van der Waals surface area (Å²) in [7, 11) is -5.47. The number of primary amides is 1. The van der Waals surface area contributed by atoms with E-state index in [0.29, 0.717) is 0 Å². The molecule has 3 N–H and O–H groups in total. The number of alkyl halides is 3. The van der Waals surface area contributed by atoms with E-state index in [1.54, 1.807) is 0 Å². The predicted molar refractivity (Wildman–Crippen MR) is 65.8 cm³/mol. The zero-order chi connectivity index (χ0) is 16.3. The van der Waals surface area contributed by atoms with E-state index in [1.165, 1.54) is 23.1 Å². The molecule has 0 radical (unpaired) electrons. The lowest BCUT2D eigenvalue weighted by Gasteiger charge is -2.16. The van der Waals surface area contributed by atoms with E-state index in [2.05, 4.69) is 4.98 Å². The topological polar surface area (TPSA) is 111 Å². The van der Waals surface area contributed by atoms with Crippen LogP contribution in [0.2, 0.25) is 0 Å². The van der Waals surface area contributed by atoms with E-state index >= 15 is 0 Å². The van der Waals surface area contributed by atoms with Crippen LogP contribution in [0, 0.1) is 0 Å². The molecule has 0 saturated heterocycles. The number of sulfonamides is 1. The maximum absolute atomic E-state index is 12.2. The summed E-state index contributed by atoms with van der Waals surface area (Å²) in [5, 5.41) is 0. The van der Waals surface area contributed by atoms with Crippen molar-refractivity contribution in [2.45, 2.75) is 18.5 Å². The molecular weight excluding hydrogens is 315 g/mol. The van der Waals surface area contributed by atoms with Gasteiger partial charge < -0.3 is 10.5 Å². The van der Waals surface area contributed by atoms with Crippen LogP contribution in [-0.2, 0) is 10.0 Å². The van der Waals surface area contributed by atoms with Gasteiger partial charge in [0.05, 0.1) is 6.04 Å². The third kappa shape index (κ3) is 4.56. The third-order valence-corrected chi connectivity index (χ3v) is 3.49. The van der Waals surface area contributed by atoms with E-state index in [4.69, 9.17) is 10.5 Å². The summed E-state index contributed by atoms with van der Waals surface area (Å²) in [6.07, 6.45) is 1.28. The Hall–Kier alpha value is -1.88. The standard InChI is InChI=1S/C10H12F3N3O4S/c1-6(16-21(18,19)10(11,12)13)5-20-9-7(8(14)17)3-2-4-15-9/h2-4,6,16H,5H2,1H3,(H2,14,17)/t6-/m0/s1. The summed E-state index contributed by atoms with van der Waals surface area (Å²) < 4.78 is 64.6. The van der Waals surface area contributed by atoms with Crippen LogP contribution in [0.4, 0.5) is 13.2 Å². The van der Waals surface area contributed by atoms with Gasteiger partial charge in [-0.05, 0) is 19.1 Å². The highest BCUT2D eigenvalue weighted by atomic mass is 32.2. The molecule has 7 nitrogen and oxygen atoms in total. The van der Waals surface area contributed by atoms with Gasteiger partial charge >= 0.3 is 15.5 Å². The van der Waals surface area contributed by atoms with Crippen molar-refractivity contribution in [2.24, 2.45) is 5.73 Å². The highest BCUT2D eigenvalue weighted by Crippen LogP contribution is 2.22. The first-order valence-electron chi connectivity index (χ1n) is 5.51. The lowest BCUT2D eigenvalue weighted by atomic mass is 10.2. The van der Waals surface area contributed by atoms with E-state index in [-0.39, 0.29) is 11.4 Å². The first kappa shape index (κ1) is 17.2. The fraction of sp³-hybridized carbons (Fsp3) is 0.400. The number of hydrogen-bond donors (Lipinski definition) is 2. The van der Waals surface area contributed by atoms with E-state index in [1.807, 2.05) is 0 Å². The molecule has 0 bridgehead atoms. The lowest BCUT2D eigenvalue weighted by Crippen LogP contribution is -2.43. The van der Waals surface area contributed by atoms with Crippen LogP contribution >= 0.6 is 0 Å². The number of pyridine rings is 1. The zero-order valence-electron chi connectivity index (χ0n) is 10.7. The summed E-state index contributed by atoms with van der Waals surface area (Å²) >= 11 is 0. The second-order valence-corrected chi connectivity index (χ2v) is 5.70. The molecular formula is C10H12F3N3O4S. The second kappa shape index (κ2) is 6.26. The number of aromatic nitrogens is 1. The molecule has 21 heavy (non-hydrogen) atoms. The number of hydrogen-bond acceptors (Lipinski definition) is 5. The fourth-order valence-electron chi connectivity index (χ4n) is 1.26. The van der Waals surface area contributed by atoms with Gasteiger partial charge in [0.2, 0.25) is 5.88 Å². The summed E-state index contributed by atoms with van der Waals surface area (Å²) in [5.74, 6) is -1.02. The maximum atomic E-state index is 12.2. The molecule has 1 amide bonds. The number of amides is 1. The lowest BCUT2D eigenvalue weighted by molar-refractivity contribution is -0.0451.